The molecule has 0 saturated heterocycles. The molecule has 0 saturated carbocycles. The van der Waals surface area contributed by atoms with Gasteiger partial charge < -0.3 is 13.7 Å². The van der Waals surface area contributed by atoms with Crippen molar-refractivity contribution in [3.63, 3.8) is 0 Å². The highest BCUT2D eigenvalue weighted by Crippen LogP contribution is 2.17. The molecule has 0 N–H and O–H groups in total. The number of nitrogens with zero attached hydrogens (tertiary/aromatic N) is 2. The summed E-state index contributed by atoms with van der Waals surface area (Å²) in [7, 11) is 0. The number of carbonyl (C=O) groups excluding carboxylic acids is 1. The van der Waals surface area contributed by atoms with E-state index in [4.69, 9.17) is 13.7 Å². The van der Waals surface area contributed by atoms with E-state index in [1.54, 1.807) is 13.0 Å². The molecule has 0 aliphatic carbocycles. The smallest absolute Gasteiger partial charge is 0.342 e. The van der Waals surface area contributed by atoms with E-state index < -0.39 is 5.97 Å². The standard InChI is InChI=1S/C16H14N2O4/c1-10-3-5-12(6-4-10)15-17-14(22-18-15)9-21-16(19)13-7-8-20-11(13)2/h3-8H,9H2,1-2H3. The number of esters is 1. The van der Waals surface area contributed by atoms with Crippen molar-refractivity contribution in [3.8, 4) is 11.4 Å². The van der Waals surface area contributed by atoms with Crippen LogP contribution in [-0.4, -0.2) is 16.1 Å². The lowest BCUT2D eigenvalue weighted by atomic mass is 10.1. The molecule has 0 bridgehead atoms. The van der Waals surface area contributed by atoms with Gasteiger partial charge in [-0.1, -0.05) is 35.0 Å². The highest BCUT2D eigenvalue weighted by Gasteiger charge is 2.15. The molecular weight excluding hydrogens is 284 g/mol. The first kappa shape index (κ1) is 14.1. The van der Waals surface area contributed by atoms with Gasteiger partial charge in [0, 0.05) is 5.56 Å². The van der Waals surface area contributed by atoms with Crippen molar-refractivity contribution < 1.29 is 18.5 Å². The number of hydrogen-bond acceptors (Lipinski definition) is 6. The van der Waals surface area contributed by atoms with Gasteiger partial charge in [-0.05, 0) is 19.9 Å². The molecule has 112 valence electrons. The second kappa shape index (κ2) is 5.85. The van der Waals surface area contributed by atoms with E-state index in [0.29, 0.717) is 17.1 Å². The predicted octanol–water partition coefficient (Wildman–Crippen LogP) is 3.30. The van der Waals surface area contributed by atoms with E-state index in [1.165, 1.54) is 6.26 Å². The van der Waals surface area contributed by atoms with Gasteiger partial charge >= 0.3 is 5.97 Å². The van der Waals surface area contributed by atoms with Crippen molar-refractivity contribution in [1.29, 1.82) is 0 Å². The molecule has 2 heterocycles. The van der Waals surface area contributed by atoms with Crippen molar-refractivity contribution in [2.24, 2.45) is 0 Å². The second-order valence-corrected chi connectivity index (χ2v) is 4.84. The molecule has 0 spiro atoms. The van der Waals surface area contributed by atoms with Crippen LogP contribution >= 0.6 is 0 Å². The van der Waals surface area contributed by atoms with Crippen LogP contribution in [0, 0.1) is 13.8 Å². The third kappa shape index (κ3) is 2.90. The summed E-state index contributed by atoms with van der Waals surface area (Å²) in [5, 5.41) is 3.88. The van der Waals surface area contributed by atoms with Gasteiger partial charge in [0.1, 0.15) is 11.3 Å². The molecule has 1 aromatic carbocycles. The molecular formula is C16H14N2O4. The Kier molecular flexibility index (Phi) is 3.74. The average molecular weight is 298 g/mol. The second-order valence-electron chi connectivity index (χ2n) is 4.84. The number of aromatic nitrogens is 2. The summed E-state index contributed by atoms with van der Waals surface area (Å²) >= 11 is 0. The lowest BCUT2D eigenvalue weighted by Crippen LogP contribution is -2.05. The van der Waals surface area contributed by atoms with Crippen molar-refractivity contribution in [2.75, 3.05) is 0 Å². The molecule has 2 aromatic heterocycles. The first-order valence-electron chi connectivity index (χ1n) is 6.74. The zero-order chi connectivity index (χ0) is 15.5. The van der Waals surface area contributed by atoms with Crippen molar-refractivity contribution in [1.82, 2.24) is 10.1 Å². The predicted molar refractivity (Wildman–Crippen MR) is 77.0 cm³/mol. The van der Waals surface area contributed by atoms with E-state index in [9.17, 15) is 4.79 Å². The Hall–Kier alpha value is -2.89. The fourth-order valence-corrected chi connectivity index (χ4v) is 1.94. The zero-order valence-electron chi connectivity index (χ0n) is 12.2. The van der Waals surface area contributed by atoms with Crippen LogP contribution in [-0.2, 0) is 11.3 Å². The van der Waals surface area contributed by atoms with Crippen LogP contribution < -0.4 is 0 Å². The first-order valence-corrected chi connectivity index (χ1v) is 6.74. The normalized spacial score (nSPS) is 10.6. The van der Waals surface area contributed by atoms with Crippen molar-refractivity contribution in [3.05, 3.63) is 59.4 Å². The Morgan fingerprint density at radius 3 is 2.64 bits per heavy atom. The first-order chi connectivity index (χ1) is 10.6. The van der Waals surface area contributed by atoms with E-state index >= 15 is 0 Å². The lowest BCUT2D eigenvalue weighted by molar-refractivity contribution is 0.0428. The fraction of sp³-hybridized carbons (Fsp3) is 0.188. The maximum Gasteiger partial charge on any atom is 0.342 e. The summed E-state index contributed by atoms with van der Waals surface area (Å²) in [5.74, 6) is 0.729. The van der Waals surface area contributed by atoms with Gasteiger partial charge in [-0.15, -0.1) is 0 Å². The van der Waals surface area contributed by atoms with E-state index in [0.717, 1.165) is 11.1 Å². The lowest BCUT2D eigenvalue weighted by Gasteiger charge is -1.99. The van der Waals surface area contributed by atoms with Gasteiger partial charge in [-0.25, -0.2) is 4.79 Å². The zero-order valence-corrected chi connectivity index (χ0v) is 12.2. The molecule has 6 nitrogen and oxygen atoms in total. The molecule has 3 aromatic rings. The Bertz CT molecular complexity index is 787. The Balaban J connectivity index is 1.66. The molecule has 0 unspecified atom stereocenters. The third-order valence-electron chi connectivity index (χ3n) is 3.18. The minimum absolute atomic E-state index is 0.0810. The number of benzene rings is 1. The van der Waals surface area contributed by atoms with Gasteiger partial charge in [-0.3, -0.25) is 0 Å². The van der Waals surface area contributed by atoms with Crippen LogP contribution in [0.5, 0.6) is 0 Å². The summed E-state index contributed by atoms with van der Waals surface area (Å²) in [4.78, 5) is 16.0. The molecule has 3 rings (SSSR count). The van der Waals surface area contributed by atoms with Crippen LogP contribution in [0.2, 0.25) is 0 Å². The third-order valence-corrected chi connectivity index (χ3v) is 3.18. The van der Waals surface area contributed by atoms with Gasteiger partial charge in [0.05, 0.1) is 6.26 Å². The number of rotatable bonds is 4. The number of furan rings is 1. The molecule has 0 amide bonds. The van der Waals surface area contributed by atoms with Crippen molar-refractivity contribution >= 4 is 5.97 Å². The Labute approximate surface area is 126 Å². The van der Waals surface area contributed by atoms with Gasteiger partial charge in [0.15, 0.2) is 6.61 Å². The van der Waals surface area contributed by atoms with Crippen LogP contribution in [0.15, 0.2) is 45.5 Å². The summed E-state index contributed by atoms with van der Waals surface area (Å²) in [6, 6.07) is 9.30. The van der Waals surface area contributed by atoms with Gasteiger partial charge in [0.2, 0.25) is 5.82 Å². The van der Waals surface area contributed by atoms with E-state index in [1.807, 2.05) is 31.2 Å². The number of carbonyl (C=O) groups is 1. The highest BCUT2D eigenvalue weighted by atomic mass is 16.6. The van der Waals surface area contributed by atoms with Crippen molar-refractivity contribution in [2.45, 2.75) is 20.5 Å². The topological polar surface area (TPSA) is 78.4 Å². The number of ether oxygens (including phenoxy) is 1. The highest BCUT2D eigenvalue weighted by molar-refractivity contribution is 5.90. The number of hydrogen-bond donors (Lipinski definition) is 0. The van der Waals surface area contributed by atoms with E-state index in [2.05, 4.69) is 10.1 Å². The molecule has 0 aliphatic heterocycles. The summed E-state index contributed by atoms with van der Waals surface area (Å²) in [6.07, 6.45) is 1.44. The Morgan fingerprint density at radius 2 is 1.95 bits per heavy atom. The van der Waals surface area contributed by atoms with E-state index in [-0.39, 0.29) is 12.5 Å². The minimum Gasteiger partial charge on any atom is -0.469 e. The molecule has 0 atom stereocenters. The van der Waals surface area contributed by atoms with Gasteiger partial charge in [-0.2, -0.15) is 4.98 Å². The number of aryl methyl sites for hydroxylation is 2. The maximum atomic E-state index is 11.8. The SMILES string of the molecule is Cc1ccc(-c2noc(COC(=O)c3ccoc3C)n2)cc1. The van der Waals surface area contributed by atoms with Crippen LogP contribution in [0.25, 0.3) is 11.4 Å². The van der Waals surface area contributed by atoms with Gasteiger partial charge in [0.25, 0.3) is 5.89 Å². The summed E-state index contributed by atoms with van der Waals surface area (Å²) in [5.41, 5.74) is 2.38. The molecule has 6 heteroatoms. The minimum atomic E-state index is -0.485. The monoisotopic (exact) mass is 298 g/mol. The molecule has 0 fully saturated rings. The molecule has 0 radical (unpaired) electrons. The summed E-state index contributed by atoms with van der Waals surface area (Å²) < 4.78 is 15.3. The van der Waals surface area contributed by atoms with Crippen LogP contribution in [0.3, 0.4) is 0 Å². The Morgan fingerprint density at radius 1 is 1.18 bits per heavy atom. The molecule has 0 aliphatic rings. The van der Waals surface area contributed by atoms with Crippen LogP contribution in [0.4, 0.5) is 0 Å². The average Bonchev–Trinajstić information content (AvgIpc) is 3.14. The van der Waals surface area contributed by atoms with Crippen LogP contribution in [0.1, 0.15) is 27.6 Å². The molecule has 22 heavy (non-hydrogen) atoms. The largest absolute Gasteiger partial charge is 0.469 e. The quantitative estimate of drug-likeness (QED) is 0.688. The maximum absolute atomic E-state index is 11.8. The summed E-state index contributed by atoms with van der Waals surface area (Å²) in [6.45, 7) is 3.61. The fourth-order valence-electron chi connectivity index (χ4n) is 1.94.